The highest BCUT2D eigenvalue weighted by Crippen LogP contribution is 2.41. The number of fused-ring (bicyclic) bond motifs is 1. The zero-order chi connectivity index (χ0) is 17.2. The minimum atomic E-state index is -0.0558. The van der Waals surface area contributed by atoms with E-state index < -0.39 is 0 Å². The highest BCUT2D eigenvalue weighted by atomic mass is 16.2. The predicted octanol–water partition coefficient (Wildman–Crippen LogP) is 3.48. The molecular weight excluding hydrogens is 314 g/mol. The molecule has 3 amide bonds. The number of nitrogens with one attached hydrogen (secondary N) is 2. The Morgan fingerprint density at radius 3 is 2.52 bits per heavy atom. The summed E-state index contributed by atoms with van der Waals surface area (Å²) in [6, 6.07) is 8.42. The lowest BCUT2D eigenvalue weighted by Gasteiger charge is -2.35. The molecule has 134 valence electrons. The number of rotatable bonds is 2. The Balaban J connectivity index is 1.34. The van der Waals surface area contributed by atoms with E-state index in [4.69, 9.17) is 0 Å². The van der Waals surface area contributed by atoms with E-state index in [-0.39, 0.29) is 17.9 Å². The molecule has 1 aromatic rings. The summed E-state index contributed by atoms with van der Waals surface area (Å²) in [6.07, 6.45) is 7.76. The van der Waals surface area contributed by atoms with E-state index in [1.165, 1.54) is 19.3 Å². The molecule has 1 saturated carbocycles. The van der Waals surface area contributed by atoms with Crippen molar-refractivity contribution >= 4 is 17.6 Å². The van der Waals surface area contributed by atoms with Gasteiger partial charge in [0.15, 0.2) is 0 Å². The third-order valence-corrected chi connectivity index (χ3v) is 6.07. The summed E-state index contributed by atoms with van der Waals surface area (Å²) in [5, 5.41) is 6.21. The Kier molecular flexibility index (Phi) is 4.64. The Morgan fingerprint density at radius 1 is 1.04 bits per heavy atom. The molecule has 25 heavy (non-hydrogen) atoms. The Labute approximate surface area is 149 Å². The molecule has 2 aliphatic heterocycles. The number of amides is 3. The lowest BCUT2D eigenvalue weighted by Crippen LogP contribution is -2.49. The number of carbonyl (C=O) groups excluding carboxylic acids is 2. The molecule has 2 N–H and O–H groups in total. The average molecular weight is 341 g/mol. The van der Waals surface area contributed by atoms with Crippen molar-refractivity contribution in [1.29, 1.82) is 0 Å². The number of anilines is 1. The van der Waals surface area contributed by atoms with Gasteiger partial charge in [0.05, 0.1) is 5.92 Å². The fraction of sp³-hybridized carbons (Fsp3) is 0.600. The van der Waals surface area contributed by atoms with Crippen molar-refractivity contribution in [2.45, 2.75) is 56.9 Å². The summed E-state index contributed by atoms with van der Waals surface area (Å²) in [5.41, 5.74) is 2.08. The lowest BCUT2D eigenvalue weighted by molar-refractivity contribution is -0.118. The Bertz CT molecular complexity index is 646. The highest BCUT2D eigenvalue weighted by molar-refractivity contribution is 6.03. The first-order chi connectivity index (χ1) is 12.2. The van der Waals surface area contributed by atoms with E-state index in [1.54, 1.807) is 0 Å². The van der Waals surface area contributed by atoms with Gasteiger partial charge in [0.1, 0.15) is 0 Å². The van der Waals surface area contributed by atoms with Gasteiger partial charge in [-0.3, -0.25) is 4.79 Å². The SMILES string of the molecule is O=C1Nc2ccccc2C1C1CCN(C(=O)NC2CCCCC2)CC1. The maximum atomic E-state index is 12.5. The Morgan fingerprint density at radius 2 is 1.76 bits per heavy atom. The number of para-hydroxylation sites is 1. The molecule has 4 rings (SSSR count). The molecule has 5 heteroatoms. The fourth-order valence-electron chi connectivity index (χ4n) is 4.65. The zero-order valence-corrected chi connectivity index (χ0v) is 14.7. The zero-order valence-electron chi connectivity index (χ0n) is 14.7. The quantitative estimate of drug-likeness (QED) is 0.865. The number of hydrogen-bond acceptors (Lipinski definition) is 2. The smallest absolute Gasteiger partial charge is 0.317 e. The molecule has 2 fully saturated rings. The molecule has 1 atom stereocenters. The Hall–Kier alpha value is -2.04. The third-order valence-electron chi connectivity index (χ3n) is 6.07. The van der Waals surface area contributed by atoms with E-state index in [0.717, 1.165) is 50.0 Å². The van der Waals surface area contributed by atoms with Crippen LogP contribution in [0.1, 0.15) is 56.4 Å². The predicted molar refractivity (Wildman–Crippen MR) is 97.5 cm³/mol. The number of urea groups is 1. The number of piperidine rings is 1. The fourth-order valence-corrected chi connectivity index (χ4v) is 4.65. The van der Waals surface area contributed by atoms with Gasteiger partial charge in [-0.1, -0.05) is 37.5 Å². The standard InChI is InChI=1S/C20H27N3O2/c24-19-18(16-8-4-5-9-17(16)22-19)14-10-12-23(13-11-14)20(25)21-15-6-2-1-3-7-15/h4-5,8-9,14-15,18H,1-3,6-7,10-13H2,(H,21,25)(H,22,24). The largest absolute Gasteiger partial charge is 0.335 e. The van der Waals surface area contributed by atoms with Crippen LogP contribution in [-0.4, -0.2) is 36.0 Å². The van der Waals surface area contributed by atoms with Crippen LogP contribution in [0, 0.1) is 5.92 Å². The van der Waals surface area contributed by atoms with Gasteiger partial charge in [-0.25, -0.2) is 4.79 Å². The van der Waals surface area contributed by atoms with E-state index in [2.05, 4.69) is 16.7 Å². The molecule has 5 nitrogen and oxygen atoms in total. The molecule has 2 heterocycles. The molecule has 0 spiro atoms. The van der Waals surface area contributed by atoms with Crippen LogP contribution in [0.5, 0.6) is 0 Å². The summed E-state index contributed by atoms with van der Waals surface area (Å²) in [6.45, 7) is 1.49. The number of hydrogen-bond donors (Lipinski definition) is 2. The molecular formula is C20H27N3O2. The first kappa shape index (κ1) is 16.4. The summed E-state index contributed by atoms with van der Waals surface area (Å²) in [7, 11) is 0. The third kappa shape index (κ3) is 3.37. The van der Waals surface area contributed by atoms with Crippen LogP contribution in [0.15, 0.2) is 24.3 Å². The molecule has 3 aliphatic rings. The van der Waals surface area contributed by atoms with Gasteiger partial charge < -0.3 is 15.5 Å². The molecule has 0 radical (unpaired) electrons. The van der Waals surface area contributed by atoms with Crippen molar-refractivity contribution in [2.75, 3.05) is 18.4 Å². The number of likely N-dealkylation sites (tertiary alicyclic amines) is 1. The van der Waals surface area contributed by atoms with Gasteiger partial charge in [-0.15, -0.1) is 0 Å². The van der Waals surface area contributed by atoms with Crippen LogP contribution in [0.4, 0.5) is 10.5 Å². The van der Waals surface area contributed by atoms with E-state index in [9.17, 15) is 9.59 Å². The van der Waals surface area contributed by atoms with Crippen LogP contribution in [0.3, 0.4) is 0 Å². The van der Waals surface area contributed by atoms with Crippen LogP contribution in [0.2, 0.25) is 0 Å². The second kappa shape index (κ2) is 7.06. The topological polar surface area (TPSA) is 61.4 Å². The monoisotopic (exact) mass is 341 g/mol. The molecule has 1 aliphatic carbocycles. The van der Waals surface area contributed by atoms with Crippen molar-refractivity contribution in [3.8, 4) is 0 Å². The van der Waals surface area contributed by atoms with Gasteiger partial charge in [-0.05, 0) is 43.2 Å². The lowest BCUT2D eigenvalue weighted by atomic mass is 9.81. The minimum absolute atomic E-state index is 0.0558. The molecule has 0 bridgehead atoms. The van der Waals surface area contributed by atoms with E-state index in [1.807, 2.05) is 23.1 Å². The summed E-state index contributed by atoms with van der Waals surface area (Å²) < 4.78 is 0. The van der Waals surface area contributed by atoms with Gasteiger partial charge in [0, 0.05) is 24.8 Å². The van der Waals surface area contributed by atoms with Crippen LogP contribution < -0.4 is 10.6 Å². The van der Waals surface area contributed by atoms with Crippen molar-refractivity contribution < 1.29 is 9.59 Å². The van der Waals surface area contributed by atoms with Gasteiger partial charge in [0.2, 0.25) is 5.91 Å². The van der Waals surface area contributed by atoms with Gasteiger partial charge >= 0.3 is 6.03 Å². The number of benzene rings is 1. The van der Waals surface area contributed by atoms with E-state index >= 15 is 0 Å². The molecule has 0 aromatic heterocycles. The average Bonchev–Trinajstić information content (AvgIpc) is 2.98. The highest BCUT2D eigenvalue weighted by Gasteiger charge is 2.38. The maximum absolute atomic E-state index is 12.5. The second-order valence-corrected chi connectivity index (χ2v) is 7.66. The van der Waals surface area contributed by atoms with Crippen LogP contribution in [0.25, 0.3) is 0 Å². The molecule has 1 saturated heterocycles. The van der Waals surface area contributed by atoms with E-state index in [0.29, 0.717) is 12.0 Å². The maximum Gasteiger partial charge on any atom is 0.317 e. The molecule has 1 aromatic carbocycles. The van der Waals surface area contributed by atoms with Crippen molar-refractivity contribution in [1.82, 2.24) is 10.2 Å². The van der Waals surface area contributed by atoms with Crippen molar-refractivity contribution in [2.24, 2.45) is 5.92 Å². The van der Waals surface area contributed by atoms with Crippen LogP contribution >= 0.6 is 0 Å². The summed E-state index contributed by atoms with van der Waals surface area (Å²) in [5.74, 6) is 0.383. The van der Waals surface area contributed by atoms with Crippen molar-refractivity contribution in [3.05, 3.63) is 29.8 Å². The first-order valence-corrected chi connectivity index (χ1v) is 9.67. The second-order valence-electron chi connectivity index (χ2n) is 7.66. The molecule has 1 unspecified atom stereocenters. The van der Waals surface area contributed by atoms with Crippen molar-refractivity contribution in [3.63, 3.8) is 0 Å². The van der Waals surface area contributed by atoms with Gasteiger partial charge in [-0.2, -0.15) is 0 Å². The van der Waals surface area contributed by atoms with Gasteiger partial charge in [0.25, 0.3) is 0 Å². The van der Waals surface area contributed by atoms with Crippen LogP contribution in [-0.2, 0) is 4.79 Å². The summed E-state index contributed by atoms with van der Waals surface area (Å²) in [4.78, 5) is 26.8. The normalized spacial score (nSPS) is 24.7. The first-order valence-electron chi connectivity index (χ1n) is 9.67. The minimum Gasteiger partial charge on any atom is -0.335 e. The number of carbonyl (C=O) groups is 2. The summed E-state index contributed by atoms with van der Waals surface area (Å²) >= 11 is 0. The number of nitrogens with zero attached hydrogens (tertiary/aromatic N) is 1.